The Hall–Kier alpha value is -1.42. The van der Waals surface area contributed by atoms with E-state index < -0.39 is 11.9 Å². The summed E-state index contributed by atoms with van der Waals surface area (Å²) in [6, 6.07) is 4.94. The molecule has 1 N–H and O–H groups in total. The van der Waals surface area contributed by atoms with Crippen molar-refractivity contribution >= 4 is 5.97 Å². The lowest BCUT2D eigenvalue weighted by atomic mass is 9.86. The third-order valence-corrected chi connectivity index (χ3v) is 4.04. The lowest BCUT2D eigenvalue weighted by Crippen LogP contribution is -2.29. The van der Waals surface area contributed by atoms with Crippen LogP contribution in [0, 0.1) is 18.7 Å². The Morgan fingerprint density at radius 1 is 1.42 bits per heavy atom. The van der Waals surface area contributed by atoms with Gasteiger partial charge in [0.2, 0.25) is 0 Å². The van der Waals surface area contributed by atoms with Crippen LogP contribution in [-0.2, 0) is 4.79 Å². The number of carboxylic acids is 1. The van der Waals surface area contributed by atoms with E-state index in [1.165, 1.54) is 12.1 Å². The molecule has 2 atom stereocenters. The quantitative estimate of drug-likeness (QED) is 0.913. The lowest BCUT2D eigenvalue weighted by molar-refractivity contribution is -0.141. The minimum absolute atomic E-state index is 0.129. The molecule has 1 aliphatic heterocycles. The zero-order valence-electron chi connectivity index (χ0n) is 11.6. The molecule has 4 heteroatoms. The Morgan fingerprint density at radius 3 is 2.68 bits per heavy atom. The zero-order chi connectivity index (χ0) is 14.2. The van der Waals surface area contributed by atoms with Crippen LogP contribution in [0.3, 0.4) is 0 Å². The molecular weight excluding hydrogens is 245 g/mol. The molecule has 2 rings (SSSR count). The van der Waals surface area contributed by atoms with Crippen molar-refractivity contribution in [3.8, 4) is 0 Å². The van der Waals surface area contributed by atoms with Crippen molar-refractivity contribution < 1.29 is 14.3 Å². The maximum Gasteiger partial charge on any atom is 0.308 e. The number of halogens is 1. The summed E-state index contributed by atoms with van der Waals surface area (Å²) >= 11 is 0. The third-order valence-electron chi connectivity index (χ3n) is 4.04. The van der Waals surface area contributed by atoms with Gasteiger partial charge < -0.3 is 5.11 Å². The van der Waals surface area contributed by atoms with Crippen molar-refractivity contribution in [3.63, 3.8) is 0 Å². The van der Waals surface area contributed by atoms with E-state index in [4.69, 9.17) is 0 Å². The van der Waals surface area contributed by atoms with Crippen molar-refractivity contribution in [2.45, 2.75) is 32.7 Å². The number of nitrogens with zero attached hydrogens (tertiary/aromatic N) is 1. The molecule has 1 aliphatic rings. The second-order valence-corrected chi connectivity index (χ2v) is 5.60. The van der Waals surface area contributed by atoms with E-state index in [0.717, 1.165) is 11.1 Å². The smallest absolute Gasteiger partial charge is 0.308 e. The highest BCUT2D eigenvalue weighted by atomic mass is 19.1. The predicted octanol–water partition coefficient (Wildman–Crippen LogP) is 2.64. The molecule has 0 saturated carbocycles. The Labute approximate surface area is 113 Å². The van der Waals surface area contributed by atoms with Crippen LogP contribution in [0.5, 0.6) is 0 Å². The van der Waals surface area contributed by atoms with E-state index in [0.29, 0.717) is 19.1 Å². The Balaban J connectivity index is 2.35. The van der Waals surface area contributed by atoms with Crippen LogP contribution in [0.15, 0.2) is 18.2 Å². The first-order chi connectivity index (χ1) is 8.90. The van der Waals surface area contributed by atoms with Gasteiger partial charge in [0.05, 0.1) is 5.92 Å². The third kappa shape index (κ3) is 2.78. The highest BCUT2D eigenvalue weighted by Gasteiger charge is 2.39. The number of hydrogen-bond donors (Lipinski definition) is 1. The average Bonchev–Trinajstić information content (AvgIpc) is 2.77. The molecule has 1 fully saturated rings. The number of benzene rings is 1. The summed E-state index contributed by atoms with van der Waals surface area (Å²) in [5.74, 6) is -1.68. The van der Waals surface area contributed by atoms with Crippen molar-refractivity contribution in [1.82, 2.24) is 4.90 Å². The summed E-state index contributed by atoms with van der Waals surface area (Å²) < 4.78 is 13.4. The molecular formula is C15H20FNO2. The van der Waals surface area contributed by atoms with E-state index in [1.807, 2.05) is 6.92 Å². The number of aliphatic carboxylic acids is 1. The summed E-state index contributed by atoms with van der Waals surface area (Å²) in [4.78, 5) is 13.6. The van der Waals surface area contributed by atoms with Crippen molar-refractivity contribution in [3.05, 3.63) is 35.1 Å². The molecule has 0 bridgehead atoms. The predicted molar refractivity (Wildman–Crippen MR) is 71.7 cm³/mol. The second kappa shape index (κ2) is 5.29. The molecule has 0 radical (unpaired) electrons. The molecule has 0 aliphatic carbocycles. The maximum atomic E-state index is 13.4. The Morgan fingerprint density at radius 2 is 2.11 bits per heavy atom. The molecule has 104 valence electrons. The Kier molecular flexibility index (Phi) is 3.90. The van der Waals surface area contributed by atoms with Gasteiger partial charge in [0.15, 0.2) is 0 Å². The van der Waals surface area contributed by atoms with E-state index in [1.54, 1.807) is 6.07 Å². The van der Waals surface area contributed by atoms with E-state index in [2.05, 4.69) is 18.7 Å². The monoisotopic (exact) mass is 265 g/mol. The molecule has 1 aromatic carbocycles. The molecule has 1 aromatic rings. The summed E-state index contributed by atoms with van der Waals surface area (Å²) in [6.07, 6.45) is 0. The molecule has 19 heavy (non-hydrogen) atoms. The van der Waals surface area contributed by atoms with Gasteiger partial charge in [-0.1, -0.05) is 6.07 Å². The lowest BCUT2D eigenvalue weighted by Gasteiger charge is -2.20. The van der Waals surface area contributed by atoms with Crippen molar-refractivity contribution in [2.75, 3.05) is 13.1 Å². The number of carboxylic acid groups (broad SMARTS) is 1. The fourth-order valence-electron chi connectivity index (χ4n) is 2.83. The fraction of sp³-hybridized carbons (Fsp3) is 0.533. The van der Waals surface area contributed by atoms with Crippen LogP contribution < -0.4 is 0 Å². The summed E-state index contributed by atoms with van der Waals surface area (Å²) in [7, 11) is 0. The highest BCUT2D eigenvalue weighted by Crippen LogP contribution is 2.35. The minimum Gasteiger partial charge on any atom is -0.481 e. The van der Waals surface area contributed by atoms with Crippen LogP contribution in [-0.4, -0.2) is 35.1 Å². The first kappa shape index (κ1) is 14.0. The summed E-state index contributed by atoms with van der Waals surface area (Å²) in [5.41, 5.74) is 1.79. The standard InChI is InChI=1S/C15H20FNO2/c1-9(2)17-7-13(14(8-17)15(18)19)12-6-11(16)5-4-10(12)3/h4-6,9,13-14H,7-8H2,1-3H3,(H,18,19). The van der Waals surface area contributed by atoms with Gasteiger partial charge >= 0.3 is 5.97 Å². The fourth-order valence-corrected chi connectivity index (χ4v) is 2.83. The first-order valence-corrected chi connectivity index (χ1v) is 6.63. The second-order valence-electron chi connectivity index (χ2n) is 5.60. The molecule has 1 saturated heterocycles. The van der Waals surface area contributed by atoms with Gasteiger partial charge in [-0.3, -0.25) is 9.69 Å². The largest absolute Gasteiger partial charge is 0.481 e. The normalized spacial score (nSPS) is 24.1. The Bertz CT molecular complexity index is 487. The van der Waals surface area contributed by atoms with Crippen molar-refractivity contribution in [1.29, 1.82) is 0 Å². The molecule has 3 nitrogen and oxygen atoms in total. The molecule has 0 amide bonds. The topological polar surface area (TPSA) is 40.5 Å². The highest BCUT2D eigenvalue weighted by molar-refractivity contribution is 5.72. The van der Waals surface area contributed by atoms with Crippen LogP contribution >= 0.6 is 0 Å². The molecule has 1 heterocycles. The van der Waals surface area contributed by atoms with Gasteiger partial charge in [0.25, 0.3) is 0 Å². The minimum atomic E-state index is -0.795. The molecule has 0 spiro atoms. The average molecular weight is 265 g/mol. The first-order valence-electron chi connectivity index (χ1n) is 6.63. The van der Waals surface area contributed by atoms with Crippen molar-refractivity contribution in [2.24, 2.45) is 5.92 Å². The number of rotatable bonds is 3. The SMILES string of the molecule is Cc1ccc(F)cc1C1CN(C(C)C)CC1C(=O)O. The van der Waals surface area contributed by atoms with Gasteiger partial charge in [-0.2, -0.15) is 0 Å². The van der Waals surface area contributed by atoms with E-state index in [9.17, 15) is 14.3 Å². The van der Waals surface area contributed by atoms with Crippen LogP contribution in [0.1, 0.15) is 30.9 Å². The maximum absolute atomic E-state index is 13.4. The zero-order valence-corrected chi connectivity index (χ0v) is 11.6. The van der Waals surface area contributed by atoms with E-state index >= 15 is 0 Å². The van der Waals surface area contributed by atoms with Gasteiger partial charge in [0, 0.05) is 25.0 Å². The number of carbonyl (C=O) groups is 1. The van der Waals surface area contributed by atoms with E-state index in [-0.39, 0.29) is 11.7 Å². The van der Waals surface area contributed by atoms with Gasteiger partial charge in [0.1, 0.15) is 5.82 Å². The van der Waals surface area contributed by atoms with Crippen LogP contribution in [0.2, 0.25) is 0 Å². The molecule has 2 unspecified atom stereocenters. The number of hydrogen-bond acceptors (Lipinski definition) is 2. The number of aryl methyl sites for hydroxylation is 1. The van der Waals surface area contributed by atoms with Crippen LogP contribution in [0.25, 0.3) is 0 Å². The van der Waals surface area contributed by atoms with Gasteiger partial charge in [-0.15, -0.1) is 0 Å². The molecule has 0 aromatic heterocycles. The summed E-state index contributed by atoms with van der Waals surface area (Å²) in [5, 5.41) is 9.38. The van der Waals surface area contributed by atoms with Crippen LogP contribution in [0.4, 0.5) is 4.39 Å². The number of likely N-dealkylation sites (tertiary alicyclic amines) is 1. The van der Waals surface area contributed by atoms with Gasteiger partial charge in [-0.25, -0.2) is 4.39 Å². The summed E-state index contributed by atoms with van der Waals surface area (Å²) in [6.45, 7) is 7.23. The van der Waals surface area contributed by atoms with Gasteiger partial charge in [-0.05, 0) is 44.0 Å².